The molecule has 1 unspecified atom stereocenters. The van der Waals surface area contributed by atoms with E-state index in [0.717, 1.165) is 15.4 Å². The van der Waals surface area contributed by atoms with Gasteiger partial charge in [-0.2, -0.15) is 4.31 Å². The molecule has 2 rings (SSSR count). The Hall–Kier alpha value is -2.42. The lowest BCUT2D eigenvalue weighted by Gasteiger charge is -2.31. The molecular formula is C23H30ClN3O4S. The van der Waals surface area contributed by atoms with E-state index in [1.54, 1.807) is 6.92 Å². The SMILES string of the molecule is Cc1ccccc1CN(C(=O)CN(C)S(=O)(=O)c1ccc(Cl)cc1)C(C)C(=O)NC(C)C. The Bertz CT molecular complexity index is 1060. The molecule has 1 atom stereocenters. The van der Waals surface area contributed by atoms with Crippen LogP contribution in [0.2, 0.25) is 5.02 Å². The summed E-state index contributed by atoms with van der Waals surface area (Å²) in [7, 11) is -2.56. The number of sulfonamides is 1. The summed E-state index contributed by atoms with van der Waals surface area (Å²) in [6.07, 6.45) is 0. The fourth-order valence-corrected chi connectivity index (χ4v) is 4.36. The van der Waals surface area contributed by atoms with Gasteiger partial charge in [0.05, 0.1) is 11.4 Å². The van der Waals surface area contributed by atoms with Crippen molar-refractivity contribution < 1.29 is 18.0 Å². The minimum absolute atomic E-state index is 0.0354. The van der Waals surface area contributed by atoms with Gasteiger partial charge in [-0.3, -0.25) is 9.59 Å². The van der Waals surface area contributed by atoms with Crippen molar-refractivity contribution in [3.8, 4) is 0 Å². The predicted molar refractivity (Wildman–Crippen MR) is 126 cm³/mol. The second-order valence-corrected chi connectivity index (χ2v) is 10.5. The lowest BCUT2D eigenvalue weighted by Crippen LogP contribution is -2.51. The van der Waals surface area contributed by atoms with Crippen molar-refractivity contribution in [3.63, 3.8) is 0 Å². The highest BCUT2D eigenvalue weighted by Gasteiger charge is 2.30. The number of amides is 2. The zero-order valence-electron chi connectivity index (χ0n) is 19.0. The van der Waals surface area contributed by atoms with Crippen LogP contribution < -0.4 is 5.32 Å². The minimum atomic E-state index is -3.90. The minimum Gasteiger partial charge on any atom is -0.352 e. The monoisotopic (exact) mass is 479 g/mol. The molecule has 0 aliphatic rings. The van der Waals surface area contributed by atoms with Crippen LogP contribution in [-0.2, 0) is 26.2 Å². The number of nitrogens with zero attached hydrogens (tertiary/aromatic N) is 2. The molecule has 0 fully saturated rings. The molecule has 2 aromatic rings. The fourth-order valence-electron chi connectivity index (χ4n) is 3.11. The van der Waals surface area contributed by atoms with E-state index >= 15 is 0 Å². The van der Waals surface area contributed by atoms with Gasteiger partial charge >= 0.3 is 0 Å². The number of carbonyl (C=O) groups is 2. The lowest BCUT2D eigenvalue weighted by molar-refractivity contribution is -0.140. The first-order valence-corrected chi connectivity index (χ1v) is 12.1. The van der Waals surface area contributed by atoms with E-state index in [-0.39, 0.29) is 23.4 Å². The second-order valence-electron chi connectivity index (χ2n) is 8.00. The lowest BCUT2D eigenvalue weighted by atomic mass is 10.1. The average molecular weight is 480 g/mol. The largest absolute Gasteiger partial charge is 0.352 e. The fraction of sp³-hybridized carbons (Fsp3) is 0.391. The number of nitrogens with one attached hydrogen (secondary N) is 1. The molecule has 1 N–H and O–H groups in total. The van der Waals surface area contributed by atoms with E-state index in [0.29, 0.717) is 5.02 Å². The van der Waals surface area contributed by atoms with Crippen molar-refractivity contribution in [2.24, 2.45) is 0 Å². The molecule has 0 aliphatic heterocycles. The summed E-state index contributed by atoms with van der Waals surface area (Å²) in [4.78, 5) is 27.4. The van der Waals surface area contributed by atoms with Crippen molar-refractivity contribution >= 4 is 33.4 Å². The van der Waals surface area contributed by atoms with Crippen molar-refractivity contribution in [1.82, 2.24) is 14.5 Å². The highest BCUT2D eigenvalue weighted by atomic mass is 35.5. The number of benzene rings is 2. The third kappa shape index (κ3) is 6.54. The summed E-state index contributed by atoms with van der Waals surface area (Å²) in [6, 6.07) is 12.4. The molecule has 2 aromatic carbocycles. The van der Waals surface area contributed by atoms with Crippen LogP contribution in [0.5, 0.6) is 0 Å². The molecule has 0 aromatic heterocycles. The zero-order chi connectivity index (χ0) is 24.1. The van der Waals surface area contributed by atoms with Crippen LogP contribution in [-0.4, -0.2) is 55.1 Å². The molecule has 7 nitrogen and oxygen atoms in total. The van der Waals surface area contributed by atoms with E-state index in [1.165, 1.54) is 36.2 Å². The number of aryl methyl sites for hydroxylation is 1. The maximum Gasteiger partial charge on any atom is 0.243 e. The highest BCUT2D eigenvalue weighted by Crippen LogP contribution is 2.19. The van der Waals surface area contributed by atoms with Gasteiger partial charge in [-0.15, -0.1) is 0 Å². The smallest absolute Gasteiger partial charge is 0.243 e. The van der Waals surface area contributed by atoms with Crippen LogP contribution in [0.3, 0.4) is 0 Å². The number of halogens is 1. The van der Waals surface area contributed by atoms with Crippen LogP contribution in [0.4, 0.5) is 0 Å². The number of hydrogen-bond donors (Lipinski definition) is 1. The molecular weight excluding hydrogens is 450 g/mol. The molecule has 9 heteroatoms. The first-order valence-electron chi connectivity index (χ1n) is 10.3. The normalized spacial score (nSPS) is 12.6. The van der Waals surface area contributed by atoms with E-state index in [4.69, 9.17) is 11.6 Å². The van der Waals surface area contributed by atoms with Gasteiger partial charge in [-0.25, -0.2) is 8.42 Å². The molecule has 0 saturated heterocycles. The number of rotatable bonds is 9. The number of hydrogen-bond acceptors (Lipinski definition) is 4. The van der Waals surface area contributed by atoms with E-state index < -0.39 is 28.5 Å². The first-order chi connectivity index (χ1) is 14.9. The quantitative estimate of drug-likeness (QED) is 0.598. The molecule has 0 bridgehead atoms. The van der Waals surface area contributed by atoms with E-state index in [9.17, 15) is 18.0 Å². The van der Waals surface area contributed by atoms with Crippen molar-refractivity contribution in [2.75, 3.05) is 13.6 Å². The molecule has 0 heterocycles. The van der Waals surface area contributed by atoms with Gasteiger partial charge in [0.2, 0.25) is 21.8 Å². The van der Waals surface area contributed by atoms with Crippen LogP contribution >= 0.6 is 11.6 Å². The highest BCUT2D eigenvalue weighted by molar-refractivity contribution is 7.89. The van der Waals surface area contributed by atoms with Crippen molar-refractivity contribution in [3.05, 3.63) is 64.7 Å². The molecule has 0 saturated carbocycles. The molecule has 0 aliphatic carbocycles. The third-order valence-electron chi connectivity index (χ3n) is 5.08. The molecule has 0 spiro atoms. The number of likely N-dealkylation sites (N-methyl/N-ethyl adjacent to an activating group) is 1. The van der Waals surface area contributed by atoms with Gasteiger partial charge in [0.25, 0.3) is 0 Å². The van der Waals surface area contributed by atoms with Gasteiger partial charge in [-0.1, -0.05) is 35.9 Å². The molecule has 32 heavy (non-hydrogen) atoms. The zero-order valence-corrected chi connectivity index (χ0v) is 20.6. The topological polar surface area (TPSA) is 86.8 Å². The third-order valence-corrected chi connectivity index (χ3v) is 7.15. The van der Waals surface area contributed by atoms with Gasteiger partial charge in [0.1, 0.15) is 6.04 Å². The summed E-state index contributed by atoms with van der Waals surface area (Å²) in [5, 5.41) is 3.23. The maximum atomic E-state index is 13.3. The Balaban J connectivity index is 2.29. The van der Waals surface area contributed by atoms with Crippen molar-refractivity contribution in [1.29, 1.82) is 0 Å². The van der Waals surface area contributed by atoms with Crippen LogP contribution in [0.25, 0.3) is 0 Å². The van der Waals surface area contributed by atoms with Gasteiger partial charge in [0, 0.05) is 24.7 Å². The maximum absolute atomic E-state index is 13.3. The van der Waals surface area contributed by atoms with E-state index in [1.807, 2.05) is 45.0 Å². The van der Waals surface area contributed by atoms with Gasteiger partial charge in [-0.05, 0) is 63.1 Å². The average Bonchev–Trinajstić information content (AvgIpc) is 2.72. The predicted octanol–water partition coefficient (Wildman–Crippen LogP) is 3.21. The summed E-state index contributed by atoms with van der Waals surface area (Å²) in [5.41, 5.74) is 1.86. The van der Waals surface area contributed by atoms with E-state index in [2.05, 4.69) is 5.32 Å². The summed E-state index contributed by atoms with van der Waals surface area (Å²) in [6.45, 7) is 7.02. The molecule has 0 radical (unpaired) electrons. The first kappa shape index (κ1) is 25.8. The van der Waals surface area contributed by atoms with Gasteiger partial charge < -0.3 is 10.2 Å². The Morgan fingerprint density at radius 3 is 2.19 bits per heavy atom. The van der Waals surface area contributed by atoms with Crippen LogP contribution in [0, 0.1) is 6.92 Å². The van der Waals surface area contributed by atoms with Crippen molar-refractivity contribution in [2.45, 2.75) is 51.2 Å². The van der Waals surface area contributed by atoms with Crippen LogP contribution in [0.1, 0.15) is 31.9 Å². The summed E-state index contributed by atoms with van der Waals surface area (Å²) < 4.78 is 26.8. The molecule has 174 valence electrons. The Labute approximate surface area is 195 Å². The Kier molecular flexibility index (Phi) is 8.83. The van der Waals surface area contributed by atoms with Crippen LogP contribution in [0.15, 0.2) is 53.4 Å². The standard InChI is InChI=1S/C23H30ClN3O4S/c1-16(2)25-23(29)18(4)27(14-19-9-7-6-8-17(19)3)22(28)15-26(5)32(30,31)21-12-10-20(24)11-13-21/h6-13,16,18H,14-15H2,1-5H3,(H,25,29). The Morgan fingerprint density at radius 1 is 1.03 bits per heavy atom. The molecule has 2 amide bonds. The second kappa shape index (κ2) is 10.9. The summed E-state index contributed by atoms with van der Waals surface area (Å²) in [5.74, 6) is -0.773. The van der Waals surface area contributed by atoms with Gasteiger partial charge in [0.15, 0.2) is 0 Å². The number of carbonyl (C=O) groups excluding carboxylic acids is 2. The Morgan fingerprint density at radius 2 is 1.62 bits per heavy atom. The summed E-state index contributed by atoms with van der Waals surface area (Å²) >= 11 is 5.85.